The van der Waals surface area contributed by atoms with Gasteiger partial charge in [-0.3, -0.25) is 9.89 Å². The summed E-state index contributed by atoms with van der Waals surface area (Å²) in [4.78, 5) is 14.2. The molecule has 0 radical (unpaired) electrons. The fourth-order valence-electron chi connectivity index (χ4n) is 4.03. The van der Waals surface area contributed by atoms with Crippen LogP contribution in [0.25, 0.3) is 0 Å². The molecule has 0 amide bonds. The molecule has 120 valence electrons. The molecule has 3 aliphatic heterocycles. The van der Waals surface area contributed by atoms with Crippen LogP contribution in [0.4, 0.5) is 5.82 Å². The molecule has 1 aromatic heterocycles. The molecule has 1 saturated heterocycles. The summed E-state index contributed by atoms with van der Waals surface area (Å²) in [5, 5.41) is 0. The van der Waals surface area contributed by atoms with Crippen molar-refractivity contribution in [3.63, 3.8) is 0 Å². The van der Waals surface area contributed by atoms with Gasteiger partial charge in [-0.1, -0.05) is 30.3 Å². The lowest BCUT2D eigenvalue weighted by atomic mass is 10.0. The Balaban J connectivity index is 1.46. The molecule has 3 aliphatic rings. The summed E-state index contributed by atoms with van der Waals surface area (Å²) < 4.78 is 0. The highest BCUT2D eigenvalue weighted by Crippen LogP contribution is 2.30. The predicted octanol–water partition coefficient (Wildman–Crippen LogP) is 2.49. The van der Waals surface area contributed by atoms with Crippen LogP contribution < -0.4 is 4.90 Å². The van der Waals surface area contributed by atoms with Crippen LogP contribution in [-0.4, -0.2) is 48.3 Å². The molecule has 1 aromatic carbocycles. The molecule has 0 spiro atoms. The predicted molar refractivity (Wildman–Crippen MR) is 96.7 cm³/mol. The Kier molecular flexibility index (Phi) is 3.06. The van der Waals surface area contributed by atoms with Gasteiger partial charge in [0.2, 0.25) is 0 Å². The lowest BCUT2D eigenvalue weighted by Gasteiger charge is -2.21. The van der Waals surface area contributed by atoms with Crippen LogP contribution in [0.1, 0.15) is 16.7 Å². The van der Waals surface area contributed by atoms with E-state index >= 15 is 0 Å². The first-order chi connectivity index (χ1) is 11.8. The molecule has 1 unspecified atom stereocenters. The van der Waals surface area contributed by atoms with E-state index < -0.39 is 0 Å². The highest BCUT2D eigenvalue weighted by molar-refractivity contribution is 6.15. The topological polar surface area (TPSA) is 31.7 Å². The summed E-state index contributed by atoms with van der Waals surface area (Å²) in [5.74, 6) is 1.06. The van der Waals surface area contributed by atoms with Gasteiger partial charge in [-0.25, -0.2) is 4.98 Å². The van der Waals surface area contributed by atoms with E-state index in [0.29, 0.717) is 6.04 Å². The van der Waals surface area contributed by atoms with Crippen molar-refractivity contribution in [3.8, 4) is 0 Å². The second-order valence-corrected chi connectivity index (χ2v) is 6.84. The number of hydrogen-bond donors (Lipinski definition) is 0. The van der Waals surface area contributed by atoms with E-state index in [1.165, 1.54) is 22.3 Å². The third-order valence-corrected chi connectivity index (χ3v) is 5.39. The van der Waals surface area contributed by atoms with Crippen LogP contribution in [0, 0.1) is 0 Å². The summed E-state index contributed by atoms with van der Waals surface area (Å²) in [6.45, 7) is 3.89. The molecule has 5 rings (SSSR count). The minimum atomic E-state index is 0.556. The van der Waals surface area contributed by atoms with Gasteiger partial charge in [-0.15, -0.1) is 0 Å². The van der Waals surface area contributed by atoms with Gasteiger partial charge in [0.05, 0.1) is 18.3 Å². The largest absolute Gasteiger partial charge is 0.351 e. The molecule has 1 atom stereocenters. The van der Waals surface area contributed by atoms with Crippen molar-refractivity contribution in [1.29, 1.82) is 0 Å². The average Bonchev–Trinajstić information content (AvgIpc) is 3.31. The molecule has 4 heteroatoms. The maximum atomic E-state index is 4.76. The van der Waals surface area contributed by atoms with E-state index in [9.17, 15) is 0 Å². The number of aromatic nitrogens is 1. The fraction of sp³-hybridized carbons (Fsp3) is 0.300. The molecular weight excluding hydrogens is 296 g/mol. The fourth-order valence-corrected chi connectivity index (χ4v) is 4.03. The monoisotopic (exact) mass is 316 g/mol. The van der Waals surface area contributed by atoms with Crippen molar-refractivity contribution in [2.24, 2.45) is 4.99 Å². The van der Waals surface area contributed by atoms with E-state index in [1.807, 2.05) is 6.20 Å². The van der Waals surface area contributed by atoms with Crippen molar-refractivity contribution in [2.45, 2.75) is 12.6 Å². The number of pyridine rings is 1. The third kappa shape index (κ3) is 2.10. The van der Waals surface area contributed by atoms with Gasteiger partial charge < -0.3 is 4.90 Å². The Hall–Kier alpha value is -2.46. The zero-order valence-electron chi connectivity index (χ0n) is 13.8. The minimum absolute atomic E-state index is 0.556. The molecule has 0 saturated carbocycles. The maximum Gasteiger partial charge on any atom is 0.129 e. The Morgan fingerprint density at radius 2 is 2.08 bits per heavy atom. The van der Waals surface area contributed by atoms with Crippen molar-refractivity contribution in [3.05, 3.63) is 70.9 Å². The van der Waals surface area contributed by atoms with Crippen LogP contribution in [0.3, 0.4) is 0 Å². The van der Waals surface area contributed by atoms with Gasteiger partial charge >= 0.3 is 0 Å². The second-order valence-electron chi connectivity index (χ2n) is 6.84. The first-order valence-electron chi connectivity index (χ1n) is 8.53. The quantitative estimate of drug-likeness (QED) is 0.798. The molecule has 0 N–H and O–H groups in total. The first kappa shape index (κ1) is 13.9. The number of rotatable bonds is 2. The van der Waals surface area contributed by atoms with E-state index in [2.05, 4.69) is 64.3 Å². The van der Waals surface area contributed by atoms with Gasteiger partial charge in [-0.2, -0.15) is 0 Å². The SMILES string of the molecule is CN1CC=C2CN(c3cc(C4=NCc5ccccc54)ccn3)CC21. The maximum absolute atomic E-state index is 4.76. The lowest BCUT2D eigenvalue weighted by molar-refractivity contribution is 0.341. The van der Waals surface area contributed by atoms with Crippen LogP contribution in [0.2, 0.25) is 0 Å². The summed E-state index contributed by atoms with van der Waals surface area (Å²) in [6.07, 6.45) is 4.28. The average molecular weight is 316 g/mol. The van der Waals surface area contributed by atoms with Crippen LogP contribution in [0.15, 0.2) is 59.2 Å². The second kappa shape index (κ2) is 5.28. The Labute approximate surface area is 142 Å². The molecule has 2 aromatic rings. The van der Waals surface area contributed by atoms with Gasteiger partial charge in [0.1, 0.15) is 5.82 Å². The number of anilines is 1. The van der Waals surface area contributed by atoms with Gasteiger partial charge in [-0.05, 0) is 30.3 Å². The van der Waals surface area contributed by atoms with Crippen molar-refractivity contribution in [2.75, 3.05) is 31.6 Å². The molecule has 4 nitrogen and oxygen atoms in total. The summed E-state index contributed by atoms with van der Waals surface area (Å²) in [7, 11) is 2.20. The number of hydrogen-bond acceptors (Lipinski definition) is 4. The van der Waals surface area contributed by atoms with Crippen molar-refractivity contribution >= 4 is 11.5 Å². The van der Waals surface area contributed by atoms with Crippen LogP contribution in [0.5, 0.6) is 0 Å². The van der Waals surface area contributed by atoms with E-state index in [-0.39, 0.29) is 0 Å². The summed E-state index contributed by atoms with van der Waals surface area (Å²) >= 11 is 0. The third-order valence-electron chi connectivity index (χ3n) is 5.39. The Morgan fingerprint density at radius 3 is 3.00 bits per heavy atom. The smallest absolute Gasteiger partial charge is 0.129 e. The van der Waals surface area contributed by atoms with Crippen molar-refractivity contribution < 1.29 is 0 Å². The minimum Gasteiger partial charge on any atom is -0.351 e. The molecule has 24 heavy (non-hydrogen) atoms. The highest BCUT2D eigenvalue weighted by atomic mass is 15.3. The molecule has 0 aliphatic carbocycles. The van der Waals surface area contributed by atoms with E-state index in [0.717, 1.165) is 37.7 Å². The number of likely N-dealkylation sites (N-methyl/N-ethyl adjacent to an activating group) is 1. The van der Waals surface area contributed by atoms with Crippen molar-refractivity contribution in [1.82, 2.24) is 9.88 Å². The number of aliphatic imine (C=N–C) groups is 1. The van der Waals surface area contributed by atoms with Gasteiger partial charge in [0.15, 0.2) is 0 Å². The molecule has 4 heterocycles. The standard InChI is InChI=1S/C20H20N4/c1-23-9-7-16-12-24(13-18(16)23)19-10-14(6-8-21-19)20-17-5-3-2-4-15(17)11-22-20/h2-8,10,18H,9,11-13H2,1H3. The number of benzene rings is 1. The highest BCUT2D eigenvalue weighted by Gasteiger charge is 2.34. The normalized spacial score (nSPS) is 22.4. The summed E-state index contributed by atoms with van der Waals surface area (Å²) in [6, 6.07) is 13.3. The molecule has 1 fully saturated rings. The van der Waals surface area contributed by atoms with Crippen LogP contribution >= 0.6 is 0 Å². The zero-order chi connectivity index (χ0) is 16.1. The van der Waals surface area contributed by atoms with E-state index in [4.69, 9.17) is 4.99 Å². The number of nitrogens with zero attached hydrogens (tertiary/aromatic N) is 4. The summed E-state index contributed by atoms with van der Waals surface area (Å²) in [5.41, 5.74) is 6.38. The molecule has 0 bridgehead atoms. The molecular formula is C20H20N4. The zero-order valence-corrected chi connectivity index (χ0v) is 13.8. The Morgan fingerprint density at radius 1 is 1.17 bits per heavy atom. The lowest BCUT2D eigenvalue weighted by Crippen LogP contribution is -2.32. The first-order valence-corrected chi connectivity index (χ1v) is 8.53. The van der Waals surface area contributed by atoms with Gasteiger partial charge in [0.25, 0.3) is 0 Å². The van der Waals surface area contributed by atoms with Crippen LogP contribution in [-0.2, 0) is 6.54 Å². The Bertz CT molecular complexity index is 867. The number of fused-ring (bicyclic) bond motifs is 2. The van der Waals surface area contributed by atoms with E-state index in [1.54, 1.807) is 0 Å². The van der Waals surface area contributed by atoms with Gasteiger partial charge in [0, 0.05) is 37.0 Å².